The molecular weight excluding hydrogens is 330 g/mol. The minimum atomic E-state index is -0.0876. The molecule has 0 unspecified atom stereocenters. The average molecular weight is 351 g/mol. The second kappa shape index (κ2) is 8.29. The van der Waals surface area contributed by atoms with E-state index < -0.39 is 0 Å². The zero-order chi connectivity index (χ0) is 18.4. The Morgan fingerprint density at radius 1 is 1.19 bits per heavy atom. The van der Waals surface area contributed by atoms with E-state index in [2.05, 4.69) is 22.4 Å². The van der Waals surface area contributed by atoms with Crippen molar-refractivity contribution in [3.8, 4) is 17.1 Å². The van der Waals surface area contributed by atoms with Gasteiger partial charge in [-0.3, -0.25) is 4.79 Å². The van der Waals surface area contributed by atoms with E-state index in [0.29, 0.717) is 18.1 Å². The molecule has 0 bridgehead atoms. The second-order valence-electron chi connectivity index (χ2n) is 5.84. The largest absolute Gasteiger partial charge is 0.497 e. The highest BCUT2D eigenvalue weighted by atomic mass is 16.5. The van der Waals surface area contributed by atoms with Crippen molar-refractivity contribution in [2.24, 2.45) is 0 Å². The Labute approximate surface area is 152 Å². The van der Waals surface area contributed by atoms with E-state index in [1.165, 1.54) is 5.56 Å². The maximum absolute atomic E-state index is 12.1. The number of benzene rings is 2. The standard InChI is InChI=1S/C20H21N3O3/c1-3-14-7-9-16(10-8-14)21-18(24)11-12-19-22-20(23-26-19)15-5-4-6-17(13-15)25-2/h4-10,13H,3,11-12H2,1-2H3,(H,21,24). The summed E-state index contributed by atoms with van der Waals surface area (Å²) in [7, 11) is 1.61. The molecule has 1 heterocycles. The van der Waals surface area contributed by atoms with E-state index in [9.17, 15) is 4.79 Å². The third kappa shape index (κ3) is 4.47. The molecule has 0 aliphatic heterocycles. The number of methoxy groups -OCH3 is 1. The van der Waals surface area contributed by atoms with Crippen LogP contribution in [-0.4, -0.2) is 23.2 Å². The van der Waals surface area contributed by atoms with Crippen molar-refractivity contribution in [3.63, 3.8) is 0 Å². The fourth-order valence-corrected chi connectivity index (χ4v) is 2.50. The van der Waals surface area contributed by atoms with E-state index in [1.807, 2.05) is 48.5 Å². The monoisotopic (exact) mass is 351 g/mol. The van der Waals surface area contributed by atoms with Crippen LogP contribution in [0.1, 0.15) is 24.8 Å². The topological polar surface area (TPSA) is 77.2 Å². The van der Waals surface area contributed by atoms with Gasteiger partial charge in [-0.25, -0.2) is 0 Å². The number of hydrogen-bond donors (Lipinski definition) is 1. The zero-order valence-corrected chi connectivity index (χ0v) is 14.9. The van der Waals surface area contributed by atoms with Crippen LogP contribution in [0, 0.1) is 0 Å². The third-order valence-electron chi connectivity index (χ3n) is 4.01. The number of hydrogen-bond acceptors (Lipinski definition) is 5. The van der Waals surface area contributed by atoms with Crippen molar-refractivity contribution in [3.05, 3.63) is 60.0 Å². The quantitative estimate of drug-likeness (QED) is 0.699. The molecule has 6 heteroatoms. The van der Waals surface area contributed by atoms with Gasteiger partial charge in [0.1, 0.15) is 5.75 Å². The van der Waals surface area contributed by atoms with Crippen LogP contribution < -0.4 is 10.1 Å². The second-order valence-corrected chi connectivity index (χ2v) is 5.84. The number of amides is 1. The smallest absolute Gasteiger partial charge is 0.227 e. The number of carbonyl (C=O) groups is 1. The lowest BCUT2D eigenvalue weighted by molar-refractivity contribution is -0.116. The van der Waals surface area contributed by atoms with Gasteiger partial charge < -0.3 is 14.6 Å². The molecule has 0 atom stereocenters. The number of carbonyl (C=O) groups excluding carboxylic acids is 1. The minimum absolute atomic E-state index is 0.0876. The maximum atomic E-state index is 12.1. The van der Waals surface area contributed by atoms with E-state index in [-0.39, 0.29) is 12.3 Å². The summed E-state index contributed by atoms with van der Waals surface area (Å²) in [5.74, 6) is 1.55. The summed E-state index contributed by atoms with van der Waals surface area (Å²) in [5, 5.41) is 6.84. The fraction of sp³-hybridized carbons (Fsp3) is 0.250. The molecule has 0 spiro atoms. The van der Waals surface area contributed by atoms with Crippen molar-refractivity contribution in [2.45, 2.75) is 26.2 Å². The summed E-state index contributed by atoms with van der Waals surface area (Å²) in [4.78, 5) is 16.4. The summed E-state index contributed by atoms with van der Waals surface area (Å²) in [6.45, 7) is 2.10. The first-order valence-electron chi connectivity index (χ1n) is 8.53. The van der Waals surface area contributed by atoms with Crippen molar-refractivity contribution >= 4 is 11.6 Å². The minimum Gasteiger partial charge on any atom is -0.497 e. The predicted octanol–water partition coefficient (Wildman–Crippen LogP) is 3.88. The number of aryl methyl sites for hydroxylation is 2. The van der Waals surface area contributed by atoms with Crippen LogP contribution >= 0.6 is 0 Å². The molecule has 3 rings (SSSR count). The SMILES string of the molecule is CCc1ccc(NC(=O)CCc2nc(-c3cccc(OC)c3)no2)cc1. The molecule has 0 fully saturated rings. The predicted molar refractivity (Wildman–Crippen MR) is 99.1 cm³/mol. The number of ether oxygens (including phenoxy) is 1. The Kier molecular flexibility index (Phi) is 5.63. The molecule has 0 saturated heterocycles. The lowest BCUT2D eigenvalue weighted by atomic mass is 10.1. The van der Waals surface area contributed by atoms with Crippen LogP contribution in [-0.2, 0) is 17.6 Å². The van der Waals surface area contributed by atoms with E-state index in [1.54, 1.807) is 7.11 Å². The van der Waals surface area contributed by atoms with Gasteiger partial charge in [0.05, 0.1) is 7.11 Å². The van der Waals surface area contributed by atoms with Gasteiger partial charge in [-0.15, -0.1) is 0 Å². The number of aromatic nitrogens is 2. The average Bonchev–Trinajstić information content (AvgIpc) is 3.16. The van der Waals surface area contributed by atoms with Crippen LogP contribution in [0.25, 0.3) is 11.4 Å². The molecular formula is C20H21N3O3. The molecule has 1 aromatic heterocycles. The summed E-state index contributed by atoms with van der Waals surface area (Å²) in [5.41, 5.74) is 2.83. The van der Waals surface area contributed by atoms with Gasteiger partial charge in [0.25, 0.3) is 0 Å². The first-order chi connectivity index (χ1) is 12.7. The van der Waals surface area contributed by atoms with Gasteiger partial charge in [0, 0.05) is 24.1 Å². The summed E-state index contributed by atoms with van der Waals surface area (Å²) in [6, 6.07) is 15.3. The third-order valence-corrected chi connectivity index (χ3v) is 4.01. The Hall–Kier alpha value is -3.15. The van der Waals surface area contributed by atoms with Crippen LogP contribution in [0.5, 0.6) is 5.75 Å². The Balaban J connectivity index is 1.56. The first kappa shape index (κ1) is 17.7. The number of rotatable bonds is 7. The van der Waals surface area contributed by atoms with Crippen molar-refractivity contribution in [1.82, 2.24) is 10.1 Å². The molecule has 2 aromatic carbocycles. The molecule has 0 radical (unpaired) electrons. The molecule has 6 nitrogen and oxygen atoms in total. The Morgan fingerprint density at radius 2 is 2.00 bits per heavy atom. The van der Waals surface area contributed by atoms with Gasteiger partial charge in [-0.2, -0.15) is 4.98 Å². The molecule has 0 saturated carbocycles. The van der Waals surface area contributed by atoms with Gasteiger partial charge in [0.2, 0.25) is 17.6 Å². The van der Waals surface area contributed by atoms with E-state index in [4.69, 9.17) is 9.26 Å². The lowest BCUT2D eigenvalue weighted by Gasteiger charge is -2.05. The van der Waals surface area contributed by atoms with Gasteiger partial charge >= 0.3 is 0 Å². The molecule has 0 aliphatic rings. The van der Waals surface area contributed by atoms with Gasteiger partial charge in [-0.1, -0.05) is 36.3 Å². The normalized spacial score (nSPS) is 10.5. The van der Waals surface area contributed by atoms with Crippen LogP contribution in [0.3, 0.4) is 0 Å². The summed E-state index contributed by atoms with van der Waals surface area (Å²) in [6.07, 6.45) is 1.63. The number of anilines is 1. The Bertz CT molecular complexity index is 872. The molecule has 0 aliphatic carbocycles. The first-order valence-corrected chi connectivity index (χ1v) is 8.53. The summed E-state index contributed by atoms with van der Waals surface area (Å²) >= 11 is 0. The maximum Gasteiger partial charge on any atom is 0.227 e. The van der Waals surface area contributed by atoms with Crippen LogP contribution in [0.4, 0.5) is 5.69 Å². The van der Waals surface area contributed by atoms with Gasteiger partial charge in [-0.05, 0) is 36.2 Å². The van der Waals surface area contributed by atoms with Crippen molar-refractivity contribution in [2.75, 3.05) is 12.4 Å². The zero-order valence-electron chi connectivity index (χ0n) is 14.9. The molecule has 1 N–H and O–H groups in total. The number of nitrogens with one attached hydrogen (secondary N) is 1. The molecule has 3 aromatic rings. The van der Waals surface area contributed by atoms with Gasteiger partial charge in [0.15, 0.2) is 0 Å². The summed E-state index contributed by atoms with van der Waals surface area (Å²) < 4.78 is 10.4. The lowest BCUT2D eigenvalue weighted by Crippen LogP contribution is -2.12. The highest BCUT2D eigenvalue weighted by Gasteiger charge is 2.11. The Morgan fingerprint density at radius 3 is 2.73 bits per heavy atom. The van der Waals surface area contributed by atoms with E-state index in [0.717, 1.165) is 23.4 Å². The molecule has 1 amide bonds. The van der Waals surface area contributed by atoms with Crippen LogP contribution in [0.15, 0.2) is 53.1 Å². The highest BCUT2D eigenvalue weighted by Crippen LogP contribution is 2.21. The molecule has 26 heavy (non-hydrogen) atoms. The fourth-order valence-electron chi connectivity index (χ4n) is 2.50. The van der Waals surface area contributed by atoms with Crippen molar-refractivity contribution < 1.29 is 14.1 Å². The van der Waals surface area contributed by atoms with Crippen LogP contribution in [0.2, 0.25) is 0 Å². The van der Waals surface area contributed by atoms with E-state index >= 15 is 0 Å². The van der Waals surface area contributed by atoms with Crippen molar-refractivity contribution in [1.29, 1.82) is 0 Å². The highest BCUT2D eigenvalue weighted by molar-refractivity contribution is 5.90. The molecule has 134 valence electrons. The number of nitrogens with zero attached hydrogens (tertiary/aromatic N) is 2.